The third-order valence-corrected chi connectivity index (χ3v) is 2.54. The first-order chi connectivity index (χ1) is 8.56. The minimum absolute atomic E-state index is 0.232. The number of hydrogen-bond donors (Lipinski definition) is 1. The van der Waals surface area contributed by atoms with Crippen molar-refractivity contribution in [3.63, 3.8) is 0 Å². The first-order valence-corrected chi connectivity index (χ1v) is 5.98. The molecule has 100 valence electrons. The number of benzene rings is 1. The number of nitrogen functional groups attached to an aromatic ring is 1. The second-order valence-corrected chi connectivity index (χ2v) is 4.05. The lowest BCUT2D eigenvalue weighted by atomic mass is 10.2. The van der Waals surface area contributed by atoms with Gasteiger partial charge in [0, 0.05) is 6.07 Å². The van der Waals surface area contributed by atoms with Crippen molar-refractivity contribution in [1.82, 2.24) is 0 Å². The van der Waals surface area contributed by atoms with Gasteiger partial charge in [-0.2, -0.15) is 0 Å². The van der Waals surface area contributed by atoms with Crippen molar-refractivity contribution in [2.75, 3.05) is 12.3 Å². The molecule has 0 atom stereocenters. The molecule has 0 heterocycles. The Hall–Kier alpha value is -1.65. The van der Waals surface area contributed by atoms with Crippen LogP contribution in [0.1, 0.15) is 43.0 Å². The number of nitrogens with two attached hydrogens (primary N) is 1. The average Bonchev–Trinajstić information content (AvgIpc) is 2.33. The van der Waals surface area contributed by atoms with E-state index >= 15 is 0 Å². The van der Waals surface area contributed by atoms with E-state index in [1.807, 2.05) is 0 Å². The Morgan fingerprint density at radius 2 is 1.94 bits per heavy atom. The molecule has 5 heteroatoms. The summed E-state index contributed by atoms with van der Waals surface area (Å²) < 4.78 is 31.1. The molecule has 0 aliphatic heterocycles. The van der Waals surface area contributed by atoms with Gasteiger partial charge in [-0.15, -0.1) is 0 Å². The van der Waals surface area contributed by atoms with Crippen LogP contribution in [0.5, 0.6) is 0 Å². The number of carbonyl (C=O) groups excluding carboxylic acids is 1. The third-order valence-electron chi connectivity index (χ3n) is 2.54. The predicted molar refractivity (Wildman–Crippen MR) is 65.2 cm³/mol. The summed E-state index contributed by atoms with van der Waals surface area (Å²) in [6.07, 6.45) is 3.84. The summed E-state index contributed by atoms with van der Waals surface area (Å²) in [4.78, 5) is 11.5. The summed E-state index contributed by atoms with van der Waals surface area (Å²) in [5.41, 5.74) is 4.67. The zero-order valence-corrected chi connectivity index (χ0v) is 10.3. The number of halogens is 2. The van der Waals surface area contributed by atoms with Crippen LogP contribution in [0.2, 0.25) is 0 Å². The minimum atomic E-state index is -0.958. The van der Waals surface area contributed by atoms with Gasteiger partial charge in [0.2, 0.25) is 0 Å². The van der Waals surface area contributed by atoms with Gasteiger partial charge in [-0.3, -0.25) is 0 Å². The van der Waals surface area contributed by atoms with E-state index in [0.717, 1.165) is 31.7 Å². The van der Waals surface area contributed by atoms with Gasteiger partial charge in [0.1, 0.15) is 11.6 Å². The maximum atomic E-state index is 13.3. The molecule has 0 aliphatic rings. The molecule has 0 unspecified atom stereocenters. The number of esters is 1. The van der Waals surface area contributed by atoms with Crippen LogP contribution in [-0.2, 0) is 4.74 Å². The van der Waals surface area contributed by atoms with Gasteiger partial charge in [-0.1, -0.05) is 26.2 Å². The minimum Gasteiger partial charge on any atom is -0.462 e. The fraction of sp³-hybridized carbons (Fsp3) is 0.462. The predicted octanol–water partition coefficient (Wildman–Crippen LogP) is 3.28. The van der Waals surface area contributed by atoms with Crippen molar-refractivity contribution in [2.24, 2.45) is 0 Å². The molecular formula is C13H17F2NO2. The van der Waals surface area contributed by atoms with Gasteiger partial charge >= 0.3 is 5.97 Å². The van der Waals surface area contributed by atoms with Gasteiger partial charge in [-0.25, -0.2) is 13.6 Å². The largest absolute Gasteiger partial charge is 0.462 e. The van der Waals surface area contributed by atoms with Crippen LogP contribution < -0.4 is 5.73 Å². The van der Waals surface area contributed by atoms with E-state index in [-0.39, 0.29) is 17.9 Å². The first-order valence-electron chi connectivity index (χ1n) is 5.98. The van der Waals surface area contributed by atoms with E-state index in [1.165, 1.54) is 0 Å². The van der Waals surface area contributed by atoms with E-state index in [0.29, 0.717) is 6.07 Å². The summed E-state index contributed by atoms with van der Waals surface area (Å²) in [5, 5.41) is 0. The van der Waals surface area contributed by atoms with Crippen molar-refractivity contribution >= 4 is 11.7 Å². The van der Waals surface area contributed by atoms with Crippen LogP contribution in [-0.4, -0.2) is 12.6 Å². The average molecular weight is 257 g/mol. The van der Waals surface area contributed by atoms with Crippen LogP contribution >= 0.6 is 0 Å². The lowest BCUT2D eigenvalue weighted by molar-refractivity contribution is 0.0492. The Bertz CT molecular complexity index is 422. The van der Waals surface area contributed by atoms with E-state index in [9.17, 15) is 13.6 Å². The fourth-order valence-corrected chi connectivity index (χ4v) is 1.49. The first kappa shape index (κ1) is 14.4. The molecular weight excluding hydrogens is 240 g/mol. The van der Waals surface area contributed by atoms with E-state index in [1.54, 1.807) is 0 Å². The van der Waals surface area contributed by atoms with Gasteiger partial charge in [0.05, 0.1) is 17.9 Å². The molecule has 3 nitrogen and oxygen atoms in total. The maximum absolute atomic E-state index is 13.3. The number of unbranched alkanes of at least 4 members (excludes halogenated alkanes) is 3. The van der Waals surface area contributed by atoms with Crippen molar-refractivity contribution in [3.05, 3.63) is 29.3 Å². The Morgan fingerprint density at radius 1 is 1.22 bits per heavy atom. The second kappa shape index (κ2) is 6.93. The highest BCUT2D eigenvalue weighted by Gasteiger charge is 2.16. The number of carbonyl (C=O) groups is 1. The van der Waals surface area contributed by atoms with Crippen LogP contribution in [0, 0.1) is 11.6 Å². The number of ether oxygens (including phenoxy) is 1. The zero-order valence-electron chi connectivity index (χ0n) is 10.3. The standard InChI is InChI=1S/C13H17F2NO2/c1-2-3-4-5-6-18-13(17)9-7-12(16)11(15)8-10(9)14/h7-8H,2-6,16H2,1H3. The molecule has 1 rings (SSSR count). The Labute approximate surface area is 105 Å². The Kier molecular flexibility index (Phi) is 5.55. The van der Waals surface area contributed by atoms with Crippen LogP contribution in [0.15, 0.2) is 12.1 Å². The van der Waals surface area contributed by atoms with Crippen molar-refractivity contribution in [3.8, 4) is 0 Å². The normalized spacial score (nSPS) is 10.4. The summed E-state index contributed by atoms with van der Waals surface area (Å²) in [7, 11) is 0. The van der Waals surface area contributed by atoms with E-state index in [2.05, 4.69) is 6.92 Å². The topological polar surface area (TPSA) is 52.3 Å². The quantitative estimate of drug-likeness (QED) is 0.483. The molecule has 0 radical (unpaired) electrons. The maximum Gasteiger partial charge on any atom is 0.341 e. The number of rotatable bonds is 6. The summed E-state index contributed by atoms with van der Waals surface area (Å²) >= 11 is 0. The highest BCUT2D eigenvalue weighted by molar-refractivity contribution is 5.90. The number of hydrogen-bond acceptors (Lipinski definition) is 3. The highest BCUT2D eigenvalue weighted by atomic mass is 19.1. The van der Waals surface area contributed by atoms with Crippen LogP contribution in [0.4, 0.5) is 14.5 Å². The molecule has 1 aromatic rings. The van der Waals surface area contributed by atoms with Gasteiger partial charge < -0.3 is 10.5 Å². The summed E-state index contributed by atoms with van der Waals surface area (Å²) in [5.74, 6) is -2.65. The van der Waals surface area contributed by atoms with Crippen molar-refractivity contribution in [2.45, 2.75) is 32.6 Å². The van der Waals surface area contributed by atoms with Gasteiger partial charge in [0.25, 0.3) is 0 Å². The van der Waals surface area contributed by atoms with Gasteiger partial charge in [0.15, 0.2) is 0 Å². The zero-order chi connectivity index (χ0) is 13.5. The molecule has 0 amide bonds. The Balaban J connectivity index is 2.54. The van der Waals surface area contributed by atoms with Crippen LogP contribution in [0.25, 0.3) is 0 Å². The molecule has 2 N–H and O–H groups in total. The molecule has 0 saturated heterocycles. The lowest BCUT2D eigenvalue weighted by Gasteiger charge is -2.06. The number of anilines is 1. The van der Waals surface area contributed by atoms with E-state index in [4.69, 9.17) is 10.5 Å². The molecule has 0 fully saturated rings. The van der Waals surface area contributed by atoms with E-state index < -0.39 is 17.6 Å². The smallest absolute Gasteiger partial charge is 0.341 e. The molecule has 0 spiro atoms. The Morgan fingerprint density at radius 3 is 2.61 bits per heavy atom. The molecule has 0 aromatic heterocycles. The van der Waals surface area contributed by atoms with Crippen molar-refractivity contribution < 1.29 is 18.3 Å². The monoisotopic (exact) mass is 257 g/mol. The van der Waals surface area contributed by atoms with Gasteiger partial charge in [-0.05, 0) is 12.5 Å². The molecule has 0 saturated carbocycles. The van der Waals surface area contributed by atoms with Crippen LogP contribution in [0.3, 0.4) is 0 Å². The molecule has 18 heavy (non-hydrogen) atoms. The molecule has 0 aliphatic carbocycles. The summed E-state index contributed by atoms with van der Waals surface area (Å²) in [6, 6.07) is 1.54. The highest BCUT2D eigenvalue weighted by Crippen LogP contribution is 2.17. The van der Waals surface area contributed by atoms with Crippen molar-refractivity contribution in [1.29, 1.82) is 0 Å². The molecule has 0 bridgehead atoms. The fourth-order valence-electron chi connectivity index (χ4n) is 1.49. The third kappa shape index (κ3) is 3.98. The second-order valence-electron chi connectivity index (χ2n) is 4.05. The lowest BCUT2D eigenvalue weighted by Crippen LogP contribution is -2.10. The SMILES string of the molecule is CCCCCCOC(=O)c1cc(N)c(F)cc1F. The molecule has 1 aromatic carbocycles. The summed E-state index contributed by atoms with van der Waals surface area (Å²) in [6.45, 7) is 2.30.